The van der Waals surface area contributed by atoms with Gasteiger partial charge in [0.05, 0.1) is 12.6 Å². The predicted octanol–water partition coefficient (Wildman–Crippen LogP) is 1.48. The lowest BCUT2D eigenvalue weighted by Crippen LogP contribution is -2.43. The van der Waals surface area contributed by atoms with Crippen LogP contribution in [-0.4, -0.2) is 41.2 Å². The third-order valence-corrected chi connectivity index (χ3v) is 3.83. The molecule has 0 bridgehead atoms. The molecule has 4 heteroatoms. The van der Waals surface area contributed by atoms with Gasteiger partial charge in [0.25, 0.3) is 0 Å². The molecule has 1 amide bonds. The minimum Gasteiger partial charge on any atom is -0.354 e. The number of nitrogens with zero attached hydrogens (tertiary/aromatic N) is 1. The van der Waals surface area contributed by atoms with E-state index in [1.165, 1.54) is 0 Å². The highest BCUT2D eigenvalue weighted by atomic mass is 32.2. The Morgan fingerprint density at radius 3 is 3.21 bits per heavy atom. The van der Waals surface area contributed by atoms with Crippen molar-refractivity contribution in [3.63, 3.8) is 0 Å². The molecule has 0 radical (unpaired) electrons. The van der Waals surface area contributed by atoms with Gasteiger partial charge in [-0.05, 0) is 25.4 Å². The van der Waals surface area contributed by atoms with Gasteiger partial charge in [0.1, 0.15) is 5.72 Å². The van der Waals surface area contributed by atoms with Gasteiger partial charge >= 0.3 is 0 Å². The quantitative estimate of drug-likeness (QED) is 0.714. The van der Waals surface area contributed by atoms with E-state index in [0.29, 0.717) is 12.5 Å². The van der Waals surface area contributed by atoms with Crippen LogP contribution in [0.1, 0.15) is 26.2 Å². The molecular weight excluding hydrogens is 198 g/mol. The number of rotatable bonds is 3. The lowest BCUT2D eigenvalue weighted by Gasteiger charge is -2.29. The zero-order valence-corrected chi connectivity index (χ0v) is 9.60. The lowest BCUT2D eigenvalue weighted by molar-refractivity contribution is -0.136. The van der Waals surface area contributed by atoms with Crippen LogP contribution in [0.3, 0.4) is 0 Å². The summed E-state index contributed by atoms with van der Waals surface area (Å²) in [6.45, 7) is 2.76. The molecule has 2 rings (SSSR count). The van der Waals surface area contributed by atoms with Gasteiger partial charge < -0.3 is 9.64 Å². The monoisotopic (exact) mass is 215 g/mol. The van der Waals surface area contributed by atoms with Crippen molar-refractivity contribution in [2.24, 2.45) is 0 Å². The Balaban J connectivity index is 2.04. The highest BCUT2D eigenvalue weighted by Crippen LogP contribution is 2.39. The fraction of sp³-hybridized carbons (Fsp3) is 0.900. The number of carbonyl (C=O) groups excluding carboxylic acids is 1. The summed E-state index contributed by atoms with van der Waals surface area (Å²) in [5.41, 5.74) is -0.278. The Morgan fingerprint density at radius 1 is 1.71 bits per heavy atom. The fourth-order valence-electron chi connectivity index (χ4n) is 2.39. The van der Waals surface area contributed by atoms with Gasteiger partial charge in [-0.1, -0.05) is 0 Å². The molecule has 2 heterocycles. The zero-order chi connectivity index (χ0) is 10.2. The van der Waals surface area contributed by atoms with Gasteiger partial charge in [-0.15, -0.1) is 0 Å². The third kappa shape index (κ3) is 1.54. The molecule has 2 aliphatic heterocycles. The molecule has 0 aromatic rings. The van der Waals surface area contributed by atoms with Crippen LogP contribution in [0.2, 0.25) is 0 Å². The van der Waals surface area contributed by atoms with Crippen LogP contribution in [0.5, 0.6) is 0 Å². The van der Waals surface area contributed by atoms with Crippen molar-refractivity contribution in [3.05, 3.63) is 0 Å². The van der Waals surface area contributed by atoms with E-state index >= 15 is 0 Å². The summed E-state index contributed by atoms with van der Waals surface area (Å²) in [6.07, 6.45) is 4.68. The molecule has 14 heavy (non-hydrogen) atoms. The van der Waals surface area contributed by atoms with E-state index in [1.54, 1.807) is 0 Å². The number of carbonyl (C=O) groups is 1. The average Bonchev–Trinajstić information content (AvgIpc) is 2.63. The Kier molecular flexibility index (Phi) is 2.75. The van der Waals surface area contributed by atoms with E-state index in [1.807, 2.05) is 23.6 Å². The van der Waals surface area contributed by atoms with E-state index in [0.717, 1.165) is 25.2 Å². The Bertz CT molecular complexity index is 246. The summed E-state index contributed by atoms with van der Waals surface area (Å²) in [5, 5.41) is 0. The van der Waals surface area contributed by atoms with Crippen molar-refractivity contribution in [1.82, 2.24) is 4.90 Å². The second kappa shape index (κ2) is 3.74. The normalized spacial score (nSPS) is 36.6. The molecule has 3 nitrogen and oxygen atoms in total. The summed E-state index contributed by atoms with van der Waals surface area (Å²) in [6, 6.07) is 0.322. The van der Waals surface area contributed by atoms with E-state index in [4.69, 9.17) is 4.74 Å². The first kappa shape index (κ1) is 10.3. The Labute approximate surface area is 89.2 Å². The number of amides is 1. The number of hydrogen-bond donors (Lipinski definition) is 0. The van der Waals surface area contributed by atoms with Crippen LogP contribution >= 0.6 is 11.8 Å². The number of hydrogen-bond acceptors (Lipinski definition) is 3. The number of fused-ring (bicyclic) bond motifs is 1. The van der Waals surface area contributed by atoms with E-state index in [2.05, 4.69) is 6.26 Å². The van der Waals surface area contributed by atoms with Crippen LogP contribution < -0.4 is 0 Å². The molecular formula is C10H17NO2S. The molecule has 0 aromatic heterocycles. The summed E-state index contributed by atoms with van der Waals surface area (Å²) in [4.78, 5) is 13.6. The molecule has 0 aliphatic carbocycles. The van der Waals surface area contributed by atoms with Crippen molar-refractivity contribution in [3.8, 4) is 0 Å². The lowest BCUT2D eigenvalue weighted by atomic mass is 10.2. The predicted molar refractivity (Wildman–Crippen MR) is 57.2 cm³/mol. The molecule has 2 atom stereocenters. The highest BCUT2D eigenvalue weighted by molar-refractivity contribution is 7.98. The van der Waals surface area contributed by atoms with Gasteiger partial charge in [-0.25, -0.2) is 0 Å². The second-order valence-corrected chi connectivity index (χ2v) is 5.17. The molecule has 0 unspecified atom stereocenters. The summed E-state index contributed by atoms with van der Waals surface area (Å²) >= 11 is 1.83. The van der Waals surface area contributed by atoms with Crippen molar-refractivity contribution in [2.75, 3.05) is 18.6 Å². The van der Waals surface area contributed by atoms with Crippen molar-refractivity contribution in [2.45, 2.75) is 38.0 Å². The molecule has 2 aliphatic rings. The summed E-state index contributed by atoms with van der Waals surface area (Å²) in [7, 11) is 0. The minimum absolute atomic E-state index is 0.274. The molecule has 0 aromatic carbocycles. The van der Waals surface area contributed by atoms with Crippen molar-refractivity contribution < 1.29 is 9.53 Å². The molecule has 0 spiro atoms. The van der Waals surface area contributed by atoms with E-state index < -0.39 is 0 Å². The van der Waals surface area contributed by atoms with Crippen LogP contribution in [-0.2, 0) is 9.53 Å². The molecule has 0 saturated carbocycles. The SMILES string of the molecule is CSCC[C@H]1CO[C@]2(C)CCC(=O)N12. The highest BCUT2D eigenvalue weighted by Gasteiger charge is 2.50. The van der Waals surface area contributed by atoms with Gasteiger partial charge in [-0.2, -0.15) is 11.8 Å². The van der Waals surface area contributed by atoms with Gasteiger partial charge in [0, 0.05) is 12.8 Å². The number of ether oxygens (including phenoxy) is 1. The average molecular weight is 215 g/mol. The molecule has 2 saturated heterocycles. The van der Waals surface area contributed by atoms with Gasteiger partial charge in [0.2, 0.25) is 5.91 Å². The van der Waals surface area contributed by atoms with Crippen LogP contribution in [0.15, 0.2) is 0 Å². The Morgan fingerprint density at radius 2 is 2.50 bits per heavy atom. The standard InChI is InChI=1S/C10H17NO2S/c1-10-5-3-9(12)11(10)8(7-13-10)4-6-14-2/h8H,3-7H2,1-2H3/t8-,10+/m0/s1. The zero-order valence-electron chi connectivity index (χ0n) is 8.78. The minimum atomic E-state index is -0.278. The Hall–Kier alpha value is -0.220. The first-order valence-electron chi connectivity index (χ1n) is 5.12. The topological polar surface area (TPSA) is 29.5 Å². The first-order valence-corrected chi connectivity index (χ1v) is 6.52. The van der Waals surface area contributed by atoms with Crippen LogP contribution in [0, 0.1) is 0 Å². The molecule has 80 valence electrons. The second-order valence-electron chi connectivity index (χ2n) is 4.19. The third-order valence-electron chi connectivity index (χ3n) is 3.19. The summed E-state index contributed by atoms with van der Waals surface area (Å²) in [5.74, 6) is 1.38. The smallest absolute Gasteiger partial charge is 0.225 e. The van der Waals surface area contributed by atoms with Crippen molar-refractivity contribution in [1.29, 1.82) is 0 Å². The fourth-order valence-corrected chi connectivity index (χ4v) is 2.90. The van der Waals surface area contributed by atoms with E-state index in [9.17, 15) is 4.79 Å². The van der Waals surface area contributed by atoms with Gasteiger partial charge in [-0.3, -0.25) is 4.79 Å². The maximum absolute atomic E-state index is 11.7. The van der Waals surface area contributed by atoms with Crippen LogP contribution in [0.4, 0.5) is 0 Å². The van der Waals surface area contributed by atoms with Crippen molar-refractivity contribution >= 4 is 17.7 Å². The molecule has 2 fully saturated rings. The maximum atomic E-state index is 11.7. The first-order chi connectivity index (χ1) is 6.67. The maximum Gasteiger partial charge on any atom is 0.225 e. The summed E-state index contributed by atoms with van der Waals surface area (Å²) < 4.78 is 5.74. The van der Waals surface area contributed by atoms with Gasteiger partial charge in [0.15, 0.2) is 0 Å². The molecule has 0 N–H and O–H groups in total. The van der Waals surface area contributed by atoms with E-state index in [-0.39, 0.29) is 11.6 Å². The largest absolute Gasteiger partial charge is 0.354 e. The van der Waals surface area contributed by atoms with Crippen LogP contribution in [0.25, 0.3) is 0 Å². The number of thioether (sulfide) groups is 1.